The molecule has 94 heavy (non-hydrogen) atoms. The summed E-state index contributed by atoms with van der Waals surface area (Å²) in [5.41, 5.74) is 0. The molecular weight excluding hydrogens is 1240 g/mol. The smallest absolute Gasteiger partial charge is 0.463 e. The zero-order chi connectivity index (χ0) is 68.9. The first-order valence-corrected chi connectivity index (χ1v) is 38.3. The summed E-state index contributed by atoms with van der Waals surface area (Å²) in [5.74, 6) is -1.98. The van der Waals surface area contributed by atoms with Crippen molar-refractivity contribution in [3.05, 3.63) is 0 Å². The van der Waals surface area contributed by atoms with Crippen molar-refractivity contribution in [1.29, 1.82) is 0 Å². The average molecular weight is 1370 g/mol. The van der Waals surface area contributed by atoms with Crippen LogP contribution in [0.25, 0.3) is 0 Å². The molecule has 2 aliphatic heterocycles. The molecule has 0 spiro atoms. The highest BCUT2D eigenvalue weighted by Crippen LogP contribution is 2.49. The van der Waals surface area contributed by atoms with Crippen LogP contribution in [-0.2, 0) is 61.2 Å². The second-order valence-electron chi connectivity index (χ2n) is 26.7. The number of hydrogen-bond acceptors (Lipinski definition) is 23. The number of rotatable bonds is 57. The summed E-state index contributed by atoms with van der Waals surface area (Å²) in [6.45, 7) is 3.44. The van der Waals surface area contributed by atoms with Crippen molar-refractivity contribution in [3.8, 4) is 0 Å². The summed E-state index contributed by atoms with van der Waals surface area (Å²) in [4.78, 5) is 50.9. The van der Waals surface area contributed by atoms with Gasteiger partial charge in [0.2, 0.25) is 0 Å². The molecule has 0 aromatic carbocycles. The Kier molecular flexibility index (Phi) is 47.7. The Balaban J connectivity index is 1.74. The fraction of sp³-hybridized carbons (Fsp3) is 0.957. The van der Waals surface area contributed by atoms with E-state index in [4.69, 9.17) is 42.2 Å². The molecule has 3 fully saturated rings. The first-order valence-electron chi connectivity index (χ1n) is 36.8. The molecule has 11 N–H and O–H groups in total. The van der Waals surface area contributed by atoms with E-state index in [-0.39, 0.29) is 19.3 Å². The van der Waals surface area contributed by atoms with Gasteiger partial charge in [0, 0.05) is 19.3 Å². The Morgan fingerprint density at radius 3 is 1.04 bits per heavy atom. The molecule has 25 heteroatoms. The molecule has 0 radical (unpaired) electrons. The van der Waals surface area contributed by atoms with Gasteiger partial charge in [0.1, 0.15) is 98.7 Å². The molecule has 2 heterocycles. The number of hydrogen-bond donors (Lipinski definition) is 11. The van der Waals surface area contributed by atoms with Crippen LogP contribution in [0.2, 0.25) is 0 Å². The van der Waals surface area contributed by atoms with E-state index in [2.05, 4.69) is 20.8 Å². The normalized spacial score (nSPS) is 28.2. The van der Waals surface area contributed by atoms with Crippen LogP contribution in [0.5, 0.6) is 0 Å². The molecule has 0 bridgehead atoms. The van der Waals surface area contributed by atoms with Gasteiger partial charge in [-0.2, -0.15) is 0 Å². The molecule has 0 amide bonds. The van der Waals surface area contributed by atoms with Crippen molar-refractivity contribution in [1.82, 2.24) is 0 Å². The fourth-order valence-corrected chi connectivity index (χ4v) is 13.3. The summed E-state index contributed by atoms with van der Waals surface area (Å²) in [5, 5.41) is 110. The lowest BCUT2D eigenvalue weighted by Gasteiger charge is -2.49. The van der Waals surface area contributed by atoms with Gasteiger partial charge in [-0.25, -0.2) is 4.57 Å². The fourth-order valence-electron chi connectivity index (χ4n) is 12.3. The van der Waals surface area contributed by atoms with Crippen molar-refractivity contribution < 1.29 is 117 Å². The minimum absolute atomic E-state index is 0.0338. The van der Waals surface area contributed by atoms with E-state index in [1.54, 1.807) is 0 Å². The van der Waals surface area contributed by atoms with Gasteiger partial charge in [0.25, 0.3) is 0 Å². The number of phosphoric ester groups is 1. The van der Waals surface area contributed by atoms with E-state index in [1.165, 1.54) is 135 Å². The van der Waals surface area contributed by atoms with Crippen LogP contribution in [0.3, 0.4) is 0 Å². The third-order valence-electron chi connectivity index (χ3n) is 18.4. The first-order chi connectivity index (χ1) is 45.3. The van der Waals surface area contributed by atoms with Crippen LogP contribution >= 0.6 is 7.82 Å². The summed E-state index contributed by atoms with van der Waals surface area (Å²) in [7, 11) is -5.69. The number of aliphatic hydroxyl groups excluding tert-OH is 10. The van der Waals surface area contributed by atoms with E-state index in [0.29, 0.717) is 19.3 Å². The van der Waals surface area contributed by atoms with Gasteiger partial charge in [-0.15, -0.1) is 0 Å². The Labute approximate surface area is 561 Å². The zero-order valence-electron chi connectivity index (χ0n) is 57.5. The quantitative estimate of drug-likeness (QED) is 0.0117. The maximum absolute atomic E-state index is 14.3. The van der Waals surface area contributed by atoms with E-state index in [9.17, 15) is 74.9 Å². The second-order valence-corrected chi connectivity index (χ2v) is 28.1. The van der Waals surface area contributed by atoms with Gasteiger partial charge in [-0.05, 0) is 19.3 Å². The molecular formula is C69H129O24P. The van der Waals surface area contributed by atoms with Crippen molar-refractivity contribution in [2.45, 2.75) is 395 Å². The predicted molar refractivity (Wildman–Crippen MR) is 352 cm³/mol. The largest absolute Gasteiger partial charge is 0.472 e. The van der Waals surface area contributed by atoms with Crippen LogP contribution in [0.15, 0.2) is 0 Å². The van der Waals surface area contributed by atoms with Crippen LogP contribution in [0, 0.1) is 0 Å². The molecule has 554 valence electrons. The van der Waals surface area contributed by atoms with Crippen LogP contribution in [0.4, 0.5) is 0 Å². The van der Waals surface area contributed by atoms with Crippen molar-refractivity contribution in [2.24, 2.45) is 0 Å². The molecule has 1 saturated carbocycles. The third-order valence-corrected chi connectivity index (χ3v) is 19.4. The maximum atomic E-state index is 14.3. The van der Waals surface area contributed by atoms with Gasteiger partial charge in [-0.1, -0.05) is 252 Å². The highest BCUT2D eigenvalue weighted by Gasteiger charge is 2.58. The molecule has 0 aromatic heterocycles. The Bertz CT molecular complexity index is 1960. The molecule has 3 rings (SSSR count). The SMILES string of the molecule is CCCCCCCCCCCCCCCCCC(=O)OCC1OC(OC2C(O)C(O)C(O)C(OC3OC(CO)C(O)C(O)C3O)C2OP(=O)(O)OCC(COC(=O)CCCCCCCCCCCCCC)OC(=O)CCCCCCCCCCCCCC)C(O)C(O)C1O. The number of ether oxygens (including phenoxy) is 7. The van der Waals surface area contributed by atoms with Gasteiger partial charge in [0.05, 0.1) is 13.2 Å². The molecule has 24 nitrogen and oxygen atoms in total. The van der Waals surface area contributed by atoms with E-state index in [1.807, 2.05) is 0 Å². The number of carbonyl (C=O) groups excluding carboxylic acids is 3. The summed E-state index contributed by atoms with van der Waals surface area (Å²) >= 11 is 0. The van der Waals surface area contributed by atoms with Gasteiger partial charge < -0.3 is 89.1 Å². The highest BCUT2D eigenvalue weighted by atomic mass is 31.2. The van der Waals surface area contributed by atoms with Gasteiger partial charge >= 0.3 is 25.7 Å². The minimum Gasteiger partial charge on any atom is -0.463 e. The molecule has 18 atom stereocenters. The lowest BCUT2D eigenvalue weighted by molar-refractivity contribution is -0.360. The number of aliphatic hydroxyl groups is 10. The molecule has 2 saturated heterocycles. The van der Waals surface area contributed by atoms with Gasteiger partial charge in [0.15, 0.2) is 18.7 Å². The van der Waals surface area contributed by atoms with Crippen LogP contribution in [-0.4, -0.2) is 204 Å². The second kappa shape index (κ2) is 52.0. The lowest BCUT2D eigenvalue weighted by atomic mass is 9.84. The minimum atomic E-state index is -5.69. The Morgan fingerprint density at radius 1 is 0.372 bits per heavy atom. The standard InChI is InChI=1S/C69H129O24P/c1-4-7-10-13-16-19-22-25-26-27-30-32-35-38-41-44-54(72)86-49-52-57(75)59(77)64(82)69(90-52)92-66-62(80)60(78)61(79)65(91-68-63(81)58(76)56(74)51(46-70)89-68)67(66)93-94(83,84)87-48-50(88-55(73)45-42-39-36-33-29-24-21-18-15-12-9-6-3)47-85-53(71)43-40-37-34-31-28-23-20-17-14-11-8-5-2/h50-52,56-70,74-82H,4-49H2,1-3H3,(H,83,84). The molecule has 3 aliphatic rings. The number of phosphoric acid groups is 1. The Morgan fingerprint density at radius 2 is 0.681 bits per heavy atom. The van der Waals surface area contributed by atoms with Crippen molar-refractivity contribution in [3.63, 3.8) is 0 Å². The summed E-state index contributed by atoms with van der Waals surface area (Å²) in [6.07, 6.45) is 7.58. The third kappa shape index (κ3) is 35.3. The zero-order valence-corrected chi connectivity index (χ0v) is 58.4. The summed E-state index contributed by atoms with van der Waals surface area (Å²) < 4.78 is 64.9. The van der Waals surface area contributed by atoms with Crippen molar-refractivity contribution in [2.75, 3.05) is 26.4 Å². The first kappa shape index (κ1) is 86.2. The van der Waals surface area contributed by atoms with Crippen molar-refractivity contribution >= 4 is 25.7 Å². The molecule has 0 aromatic rings. The molecule has 18 unspecified atom stereocenters. The maximum Gasteiger partial charge on any atom is 0.472 e. The molecule has 1 aliphatic carbocycles. The number of carbonyl (C=O) groups is 3. The number of unbranched alkanes of at least 4 members (excludes halogenated alkanes) is 36. The van der Waals surface area contributed by atoms with E-state index >= 15 is 0 Å². The van der Waals surface area contributed by atoms with Crippen LogP contribution in [0.1, 0.15) is 290 Å². The predicted octanol–water partition coefficient (Wildman–Crippen LogP) is 9.40. The number of esters is 3. The lowest BCUT2D eigenvalue weighted by Crippen LogP contribution is -2.69. The van der Waals surface area contributed by atoms with E-state index < -0.39 is 156 Å². The highest BCUT2D eigenvalue weighted by molar-refractivity contribution is 7.47. The Hall–Kier alpha value is -2.04. The summed E-state index contributed by atoms with van der Waals surface area (Å²) in [6, 6.07) is 0. The van der Waals surface area contributed by atoms with E-state index in [0.717, 1.165) is 96.3 Å². The average Bonchev–Trinajstić information content (AvgIpc) is 0.766. The topological polar surface area (TPSA) is 374 Å². The van der Waals surface area contributed by atoms with Crippen LogP contribution < -0.4 is 0 Å². The van der Waals surface area contributed by atoms with Gasteiger partial charge in [-0.3, -0.25) is 23.4 Å². The monoisotopic (exact) mass is 1370 g/mol.